The Balaban J connectivity index is 2.67. The van der Waals surface area contributed by atoms with Crippen molar-refractivity contribution in [3.05, 3.63) is 23.3 Å². The molecule has 0 aliphatic heterocycles. The van der Waals surface area contributed by atoms with E-state index in [9.17, 15) is 0 Å². The molecule has 0 spiro atoms. The van der Waals surface area contributed by atoms with Gasteiger partial charge in [-0.3, -0.25) is 0 Å². The summed E-state index contributed by atoms with van der Waals surface area (Å²) in [5.74, 6) is 0.902. The second kappa shape index (κ2) is 3.87. The van der Waals surface area contributed by atoms with Crippen LogP contribution in [0.2, 0.25) is 0 Å². The van der Waals surface area contributed by atoms with E-state index >= 15 is 0 Å². The molecule has 0 saturated heterocycles. The molecule has 0 aromatic carbocycles. The molecule has 0 radical (unpaired) electrons. The summed E-state index contributed by atoms with van der Waals surface area (Å²) in [4.78, 5) is 0. The molecule has 0 aromatic rings. The van der Waals surface area contributed by atoms with E-state index in [0.717, 1.165) is 12.2 Å². The first-order valence-electron chi connectivity index (χ1n) is 3.87. The molecule has 56 valence electrons. The minimum Gasteiger partial charge on any atom is -0.175 e. The van der Waals surface area contributed by atoms with Gasteiger partial charge in [-0.1, -0.05) is 19.1 Å². The second-order valence-corrected chi connectivity index (χ2v) is 2.86. The van der Waals surface area contributed by atoms with Gasteiger partial charge in [0.25, 0.3) is 0 Å². The lowest BCUT2D eigenvalue weighted by atomic mass is 9.97. The molecule has 0 atom stereocenters. The topological polar surface area (TPSA) is 0 Å². The van der Waals surface area contributed by atoms with Gasteiger partial charge in [-0.15, -0.1) is 0 Å². The Morgan fingerprint density at radius 3 is 2.30 bits per heavy atom. The summed E-state index contributed by atoms with van der Waals surface area (Å²) in [6, 6.07) is 0. The van der Waals surface area contributed by atoms with E-state index < -0.39 is 0 Å². The van der Waals surface area contributed by atoms with Gasteiger partial charge in [0, 0.05) is 5.75 Å². The lowest BCUT2D eigenvalue weighted by Gasteiger charge is -2.11. The van der Waals surface area contributed by atoms with Crippen molar-refractivity contribution in [1.29, 1.82) is 0 Å². The molecule has 0 fully saturated rings. The Hall–Kier alpha value is -0.170. The molecule has 0 bridgehead atoms. The SMILES string of the molecule is CCC1=CCCC=C1CS. The summed E-state index contributed by atoms with van der Waals surface area (Å²) in [6.07, 6.45) is 8.24. The molecule has 0 N–H and O–H groups in total. The second-order valence-electron chi connectivity index (χ2n) is 2.55. The number of hydrogen-bond acceptors (Lipinski definition) is 1. The summed E-state index contributed by atoms with van der Waals surface area (Å²) in [7, 11) is 0. The number of allylic oxidation sites excluding steroid dienone is 3. The van der Waals surface area contributed by atoms with Crippen LogP contribution in [0.1, 0.15) is 26.2 Å². The highest BCUT2D eigenvalue weighted by atomic mass is 32.1. The molecule has 0 aromatic heterocycles. The maximum Gasteiger partial charge on any atom is 0.0153 e. The average molecular weight is 154 g/mol. The normalized spacial score (nSPS) is 18.2. The van der Waals surface area contributed by atoms with Gasteiger partial charge < -0.3 is 0 Å². The number of thiol groups is 1. The smallest absolute Gasteiger partial charge is 0.0153 e. The van der Waals surface area contributed by atoms with Crippen molar-refractivity contribution in [1.82, 2.24) is 0 Å². The molecule has 0 saturated carbocycles. The standard InChI is InChI=1S/C9H14S/c1-2-8-5-3-4-6-9(8)7-10/h5-6,10H,2-4,7H2,1H3. The quantitative estimate of drug-likeness (QED) is 0.581. The molecule has 1 heteroatoms. The van der Waals surface area contributed by atoms with E-state index in [1.54, 1.807) is 0 Å². The highest BCUT2D eigenvalue weighted by Crippen LogP contribution is 2.21. The first-order valence-corrected chi connectivity index (χ1v) is 4.51. The first kappa shape index (κ1) is 7.93. The van der Waals surface area contributed by atoms with Crippen molar-refractivity contribution < 1.29 is 0 Å². The maximum atomic E-state index is 4.27. The molecule has 1 aliphatic carbocycles. The van der Waals surface area contributed by atoms with Crippen LogP contribution in [0.3, 0.4) is 0 Å². The Morgan fingerprint density at radius 2 is 1.90 bits per heavy atom. The van der Waals surface area contributed by atoms with E-state index in [0.29, 0.717) is 0 Å². The molecule has 0 heterocycles. The van der Waals surface area contributed by atoms with Crippen molar-refractivity contribution in [3.63, 3.8) is 0 Å². The van der Waals surface area contributed by atoms with Crippen molar-refractivity contribution in [3.8, 4) is 0 Å². The third-order valence-electron chi connectivity index (χ3n) is 1.91. The van der Waals surface area contributed by atoms with Crippen molar-refractivity contribution in [2.24, 2.45) is 0 Å². The molecule has 0 amide bonds. The molecular weight excluding hydrogens is 140 g/mol. The van der Waals surface area contributed by atoms with Crippen LogP contribution in [-0.4, -0.2) is 5.75 Å². The first-order chi connectivity index (χ1) is 4.88. The fourth-order valence-corrected chi connectivity index (χ4v) is 1.65. The van der Waals surface area contributed by atoms with Gasteiger partial charge >= 0.3 is 0 Å². The van der Waals surface area contributed by atoms with E-state index in [4.69, 9.17) is 0 Å². The fourth-order valence-electron chi connectivity index (χ4n) is 1.31. The van der Waals surface area contributed by atoms with Crippen LogP contribution in [0.4, 0.5) is 0 Å². The molecule has 1 aliphatic rings. The van der Waals surface area contributed by atoms with Crippen LogP contribution in [0.25, 0.3) is 0 Å². The zero-order chi connectivity index (χ0) is 7.40. The van der Waals surface area contributed by atoms with Gasteiger partial charge in [-0.2, -0.15) is 12.6 Å². The highest BCUT2D eigenvalue weighted by Gasteiger charge is 2.03. The minimum absolute atomic E-state index is 0.902. The van der Waals surface area contributed by atoms with Crippen LogP contribution in [-0.2, 0) is 0 Å². The zero-order valence-electron chi connectivity index (χ0n) is 6.43. The Bertz CT molecular complexity index is 146. The van der Waals surface area contributed by atoms with Crippen LogP contribution in [0.5, 0.6) is 0 Å². The van der Waals surface area contributed by atoms with Crippen LogP contribution in [0.15, 0.2) is 23.3 Å². The predicted octanol–water partition coefficient (Wildman–Crippen LogP) is 2.97. The largest absolute Gasteiger partial charge is 0.175 e. The summed E-state index contributed by atoms with van der Waals surface area (Å²) in [5.41, 5.74) is 2.94. The van der Waals surface area contributed by atoms with Crippen LogP contribution in [0, 0.1) is 0 Å². The van der Waals surface area contributed by atoms with E-state index in [1.807, 2.05) is 0 Å². The summed E-state index contributed by atoms with van der Waals surface area (Å²) < 4.78 is 0. The predicted molar refractivity (Wildman–Crippen MR) is 49.5 cm³/mol. The average Bonchev–Trinajstić information content (AvgIpc) is 2.04. The zero-order valence-corrected chi connectivity index (χ0v) is 7.32. The number of rotatable bonds is 2. The maximum absolute atomic E-state index is 4.27. The third-order valence-corrected chi connectivity index (χ3v) is 2.25. The van der Waals surface area contributed by atoms with Gasteiger partial charge in [-0.05, 0) is 30.4 Å². The number of hydrogen-bond donors (Lipinski definition) is 1. The highest BCUT2D eigenvalue weighted by molar-refractivity contribution is 7.80. The van der Waals surface area contributed by atoms with Gasteiger partial charge in [0.1, 0.15) is 0 Å². The molecule has 0 nitrogen and oxygen atoms in total. The van der Waals surface area contributed by atoms with Crippen LogP contribution < -0.4 is 0 Å². The van der Waals surface area contributed by atoms with Gasteiger partial charge in [-0.25, -0.2) is 0 Å². The summed E-state index contributed by atoms with van der Waals surface area (Å²) in [5, 5.41) is 0. The molecule has 0 unspecified atom stereocenters. The van der Waals surface area contributed by atoms with Gasteiger partial charge in [0.05, 0.1) is 0 Å². The van der Waals surface area contributed by atoms with Crippen molar-refractivity contribution in [2.45, 2.75) is 26.2 Å². The van der Waals surface area contributed by atoms with Crippen LogP contribution >= 0.6 is 12.6 Å². The molecule has 10 heavy (non-hydrogen) atoms. The summed E-state index contributed by atoms with van der Waals surface area (Å²) >= 11 is 4.27. The lowest BCUT2D eigenvalue weighted by molar-refractivity contribution is 0.955. The third kappa shape index (κ3) is 1.66. The van der Waals surface area contributed by atoms with Crippen molar-refractivity contribution in [2.75, 3.05) is 5.75 Å². The van der Waals surface area contributed by atoms with Crippen molar-refractivity contribution >= 4 is 12.6 Å². The Labute approximate surface area is 68.4 Å². The Kier molecular flexibility index (Phi) is 3.07. The van der Waals surface area contributed by atoms with E-state index in [2.05, 4.69) is 31.7 Å². The Morgan fingerprint density at radius 1 is 1.30 bits per heavy atom. The summed E-state index contributed by atoms with van der Waals surface area (Å²) in [6.45, 7) is 2.20. The van der Waals surface area contributed by atoms with E-state index in [1.165, 1.54) is 24.0 Å². The van der Waals surface area contributed by atoms with E-state index in [-0.39, 0.29) is 0 Å². The molecular formula is C9H14S. The molecule has 1 rings (SSSR count). The monoisotopic (exact) mass is 154 g/mol. The van der Waals surface area contributed by atoms with Gasteiger partial charge in [0.15, 0.2) is 0 Å². The lowest BCUT2D eigenvalue weighted by Crippen LogP contribution is -1.95. The minimum atomic E-state index is 0.902. The van der Waals surface area contributed by atoms with Gasteiger partial charge in [0.2, 0.25) is 0 Å². The fraction of sp³-hybridized carbons (Fsp3) is 0.556.